The SMILES string of the molecule is O=P(O)(Cl)OCCC(c1ccccc1)c1ccccc1. The van der Waals surface area contributed by atoms with Gasteiger partial charge in [0.15, 0.2) is 0 Å². The molecule has 0 aliphatic carbocycles. The van der Waals surface area contributed by atoms with Crippen molar-refractivity contribution in [3.8, 4) is 0 Å². The smallest absolute Gasteiger partial charge is 0.313 e. The van der Waals surface area contributed by atoms with Gasteiger partial charge in [-0.2, -0.15) is 0 Å². The molecule has 0 aliphatic heterocycles. The Hall–Kier alpha value is -1.12. The van der Waals surface area contributed by atoms with E-state index in [0.29, 0.717) is 6.42 Å². The first-order valence-electron chi connectivity index (χ1n) is 6.33. The molecule has 20 heavy (non-hydrogen) atoms. The molecule has 2 aromatic carbocycles. The van der Waals surface area contributed by atoms with Crippen molar-refractivity contribution in [2.24, 2.45) is 0 Å². The first-order valence-corrected chi connectivity index (χ1v) is 8.81. The van der Waals surface area contributed by atoms with Gasteiger partial charge in [0.05, 0.1) is 6.61 Å². The summed E-state index contributed by atoms with van der Waals surface area (Å²) < 4.78 is 15.7. The molecule has 0 fully saturated rings. The van der Waals surface area contributed by atoms with Crippen molar-refractivity contribution in [3.05, 3.63) is 71.8 Å². The largest absolute Gasteiger partial charge is 0.421 e. The van der Waals surface area contributed by atoms with Crippen molar-refractivity contribution in [2.45, 2.75) is 12.3 Å². The summed E-state index contributed by atoms with van der Waals surface area (Å²) in [6.07, 6.45) is 0.589. The summed E-state index contributed by atoms with van der Waals surface area (Å²) in [5.74, 6) is 0.112. The van der Waals surface area contributed by atoms with Gasteiger partial charge in [0.1, 0.15) is 0 Å². The van der Waals surface area contributed by atoms with E-state index in [-0.39, 0.29) is 12.5 Å². The van der Waals surface area contributed by atoms with Crippen LogP contribution in [0.15, 0.2) is 60.7 Å². The molecule has 0 bridgehead atoms. The highest BCUT2D eigenvalue weighted by Gasteiger charge is 2.18. The number of hydrogen-bond acceptors (Lipinski definition) is 2. The Morgan fingerprint density at radius 3 is 1.85 bits per heavy atom. The minimum Gasteiger partial charge on any atom is -0.313 e. The number of halogens is 1. The van der Waals surface area contributed by atoms with E-state index in [0.717, 1.165) is 11.1 Å². The molecule has 3 nitrogen and oxygen atoms in total. The topological polar surface area (TPSA) is 46.5 Å². The van der Waals surface area contributed by atoms with E-state index >= 15 is 0 Å². The van der Waals surface area contributed by atoms with Gasteiger partial charge in [0.25, 0.3) is 0 Å². The van der Waals surface area contributed by atoms with Crippen LogP contribution in [0.5, 0.6) is 0 Å². The van der Waals surface area contributed by atoms with Crippen LogP contribution in [-0.4, -0.2) is 11.5 Å². The molecule has 1 atom stereocenters. The van der Waals surface area contributed by atoms with Gasteiger partial charge in [-0.15, -0.1) is 0 Å². The standard InChI is InChI=1S/C15H16ClO3P/c16-20(17,18)19-12-11-15(13-7-3-1-4-8-13)14-9-5-2-6-10-14/h1-10,15H,11-12H2,(H,17,18). The Labute approximate surface area is 123 Å². The van der Waals surface area contributed by atoms with E-state index < -0.39 is 6.95 Å². The summed E-state index contributed by atoms with van der Waals surface area (Å²) >= 11 is 5.20. The van der Waals surface area contributed by atoms with Gasteiger partial charge in [-0.3, -0.25) is 4.52 Å². The molecule has 0 saturated heterocycles. The third-order valence-corrected chi connectivity index (χ3v) is 3.85. The average molecular weight is 311 g/mol. The minimum atomic E-state index is -3.93. The molecule has 0 heterocycles. The summed E-state index contributed by atoms with van der Waals surface area (Å²) in [5, 5.41) is 0. The summed E-state index contributed by atoms with van der Waals surface area (Å²) in [6.45, 7) is -3.80. The molecule has 106 valence electrons. The van der Waals surface area contributed by atoms with Crippen LogP contribution in [0.4, 0.5) is 0 Å². The zero-order valence-corrected chi connectivity index (χ0v) is 12.5. The molecular weight excluding hydrogens is 295 g/mol. The quantitative estimate of drug-likeness (QED) is 0.795. The Bertz CT molecular complexity index is 529. The van der Waals surface area contributed by atoms with Crippen LogP contribution in [0.3, 0.4) is 0 Å². The summed E-state index contributed by atoms with van der Waals surface area (Å²) in [5.41, 5.74) is 2.29. The second-order valence-electron chi connectivity index (χ2n) is 4.45. The molecular formula is C15H16ClO3P. The van der Waals surface area contributed by atoms with Crippen LogP contribution in [0.2, 0.25) is 0 Å². The van der Waals surface area contributed by atoms with Gasteiger partial charge in [0.2, 0.25) is 0 Å². The molecule has 0 saturated carbocycles. The lowest BCUT2D eigenvalue weighted by Crippen LogP contribution is -2.04. The summed E-state index contributed by atoms with van der Waals surface area (Å²) in [7, 11) is 0. The van der Waals surface area contributed by atoms with E-state index in [1.165, 1.54) is 0 Å². The van der Waals surface area contributed by atoms with Crippen molar-refractivity contribution in [1.29, 1.82) is 0 Å². The van der Waals surface area contributed by atoms with Crippen LogP contribution in [-0.2, 0) is 9.09 Å². The highest BCUT2D eigenvalue weighted by Crippen LogP contribution is 2.47. The molecule has 0 aromatic heterocycles. The second-order valence-corrected chi connectivity index (χ2v) is 6.89. The average Bonchev–Trinajstić information content (AvgIpc) is 2.44. The van der Waals surface area contributed by atoms with Gasteiger partial charge in [-0.05, 0) is 17.5 Å². The van der Waals surface area contributed by atoms with Crippen molar-refractivity contribution < 1.29 is 14.0 Å². The maximum absolute atomic E-state index is 11.0. The normalized spacial score (nSPS) is 14.2. The maximum Gasteiger partial charge on any atom is 0.421 e. The first kappa shape index (κ1) is 15.3. The molecule has 0 radical (unpaired) electrons. The molecule has 0 aliphatic rings. The van der Waals surface area contributed by atoms with Gasteiger partial charge in [-0.1, -0.05) is 60.7 Å². The highest BCUT2D eigenvalue weighted by atomic mass is 35.7. The van der Waals surface area contributed by atoms with E-state index in [9.17, 15) is 4.57 Å². The molecule has 2 rings (SSSR count). The zero-order chi connectivity index (χ0) is 14.4. The van der Waals surface area contributed by atoms with Gasteiger partial charge in [-0.25, -0.2) is 4.57 Å². The lowest BCUT2D eigenvalue weighted by molar-refractivity contribution is 0.266. The van der Waals surface area contributed by atoms with Crippen molar-refractivity contribution >= 4 is 18.2 Å². The summed E-state index contributed by atoms with van der Waals surface area (Å²) in [4.78, 5) is 8.97. The Morgan fingerprint density at radius 2 is 1.45 bits per heavy atom. The van der Waals surface area contributed by atoms with E-state index in [1.807, 2.05) is 60.7 Å². The van der Waals surface area contributed by atoms with Crippen LogP contribution in [0.25, 0.3) is 0 Å². The Kier molecular flexibility index (Phi) is 5.38. The second kappa shape index (κ2) is 7.05. The molecule has 1 N–H and O–H groups in total. The summed E-state index contributed by atoms with van der Waals surface area (Å²) in [6, 6.07) is 20.0. The minimum absolute atomic E-state index is 0.112. The lowest BCUT2D eigenvalue weighted by Gasteiger charge is -2.18. The van der Waals surface area contributed by atoms with Gasteiger partial charge in [0, 0.05) is 17.2 Å². The fourth-order valence-corrected chi connectivity index (χ4v) is 2.72. The Morgan fingerprint density at radius 1 is 1.00 bits per heavy atom. The monoisotopic (exact) mass is 310 g/mol. The van der Waals surface area contributed by atoms with E-state index in [2.05, 4.69) is 0 Å². The molecule has 5 heteroatoms. The zero-order valence-electron chi connectivity index (χ0n) is 10.9. The number of rotatable bonds is 6. The lowest BCUT2D eigenvalue weighted by atomic mass is 9.89. The van der Waals surface area contributed by atoms with Gasteiger partial charge >= 0.3 is 6.95 Å². The molecule has 0 spiro atoms. The molecule has 2 aromatic rings. The predicted molar refractivity (Wildman–Crippen MR) is 81.0 cm³/mol. The fourth-order valence-electron chi connectivity index (χ4n) is 2.18. The van der Waals surface area contributed by atoms with E-state index in [1.54, 1.807) is 0 Å². The predicted octanol–water partition coefficient (Wildman–Crippen LogP) is 4.56. The van der Waals surface area contributed by atoms with Crippen molar-refractivity contribution in [1.82, 2.24) is 0 Å². The van der Waals surface area contributed by atoms with Crippen molar-refractivity contribution in [2.75, 3.05) is 6.61 Å². The van der Waals surface area contributed by atoms with Crippen LogP contribution >= 0.6 is 18.2 Å². The third kappa shape index (κ3) is 4.77. The van der Waals surface area contributed by atoms with E-state index in [4.69, 9.17) is 20.7 Å². The van der Waals surface area contributed by atoms with Crippen LogP contribution < -0.4 is 0 Å². The first-order chi connectivity index (χ1) is 9.56. The van der Waals surface area contributed by atoms with Gasteiger partial charge < -0.3 is 4.89 Å². The number of benzene rings is 2. The van der Waals surface area contributed by atoms with Crippen LogP contribution in [0.1, 0.15) is 23.5 Å². The Balaban J connectivity index is 2.15. The van der Waals surface area contributed by atoms with Crippen molar-refractivity contribution in [3.63, 3.8) is 0 Å². The fraction of sp³-hybridized carbons (Fsp3) is 0.200. The molecule has 0 amide bonds. The maximum atomic E-state index is 11.0. The molecule has 1 unspecified atom stereocenters. The highest BCUT2D eigenvalue weighted by molar-refractivity contribution is 7.80. The number of hydrogen-bond donors (Lipinski definition) is 1. The van der Waals surface area contributed by atoms with Crippen LogP contribution in [0, 0.1) is 0 Å². The third-order valence-electron chi connectivity index (χ3n) is 3.06.